The molecule has 1 saturated heterocycles. The summed E-state index contributed by atoms with van der Waals surface area (Å²) in [6.45, 7) is 12.4. The molecule has 2 N–H and O–H groups in total. The fourth-order valence-electron chi connectivity index (χ4n) is 3.85. The third-order valence-electron chi connectivity index (χ3n) is 6.01. The van der Waals surface area contributed by atoms with Crippen molar-refractivity contribution >= 4 is 11.7 Å². The molecule has 2 amide bonds. The monoisotopic (exact) mass is 379 g/mol. The molecule has 4 nitrogen and oxygen atoms in total. The van der Waals surface area contributed by atoms with Crippen LogP contribution in [0.15, 0.2) is 36.4 Å². The minimum absolute atomic E-state index is 0.105. The molecular weight excluding hydrogens is 346 g/mol. The number of amides is 2. The van der Waals surface area contributed by atoms with Gasteiger partial charge in [-0.05, 0) is 87.9 Å². The van der Waals surface area contributed by atoms with Crippen LogP contribution >= 0.6 is 0 Å². The topological polar surface area (TPSA) is 44.4 Å². The van der Waals surface area contributed by atoms with Crippen molar-refractivity contribution in [2.75, 3.05) is 25.0 Å². The van der Waals surface area contributed by atoms with Crippen LogP contribution in [-0.2, 0) is 6.54 Å². The van der Waals surface area contributed by atoms with E-state index in [4.69, 9.17) is 0 Å². The summed E-state index contributed by atoms with van der Waals surface area (Å²) in [5, 5.41) is 6.04. The molecule has 150 valence electrons. The van der Waals surface area contributed by atoms with E-state index in [1.807, 2.05) is 19.1 Å². The van der Waals surface area contributed by atoms with Crippen LogP contribution in [0.4, 0.5) is 10.5 Å². The number of hydrogen-bond donors (Lipinski definition) is 2. The standard InChI is InChI=1S/C24H33N3O/c1-17-8-9-19(3)22(14-17)16-27-12-10-21(11-13-27)15-25-24(28)26-23-7-5-6-18(2)20(23)4/h5-9,14,21H,10-13,15-16H2,1-4H3,(H2,25,26,28). The van der Waals surface area contributed by atoms with Crippen molar-refractivity contribution in [3.63, 3.8) is 0 Å². The fraction of sp³-hybridized carbons (Fsp3) is 0.458. The van der Waals surface area contributed by atoms with E-state index in [0.29, 0.717) is 5.92 Å². The van der Waals surface area contributed by atoms with Gasteiger partial charge in [0, 0.05) is 18.8 Å². The molecule has 28 heavy (non-hydrogen) atoms. The Hall–Kier alpha value is -2.33. The molecule has 0 spiro atoms. The van der Waals surface area contributed by atoms with Crippen LogP contribution in [0.5, 0.6) is 0 Å². The Bertz CT molecular complexity index is 823. The number of nitrogens with zero attached hydrogens (tertiary/aromatic N) is 1. The number of nitrogens with one attached hydrogen (secondary N) is 2. The number of urea groups is 1. The molecule has 0 unspecified atom stereocenters. The first-order chi connectivity index (χ1) is 13.4. The third-order valence-corrected chi connectivity index (χ3v) is 6.01. The van der Waals surface area contributed by atoms with Gasteiger partial charge in [-0.2, -0.15) is 0 Å². The smallest absolute Gasteiger partial charge is 0.319 e. The van der Waals surface area contributed by atoms with Crippen molar-refractivity contribution in [3.05, 3.63) is 64.2 Å². The molecular formula is C24H33N3O. The van der Waals surface area contributed by atoms with E-state index in [0.717, 1.165) is 50.3 Å². The van der Waals surface area contributed by atoms with Gasteiger partial charge in [0.15, 0.2) is 0 Å². The number of carbonyl (C=O) groups is 1. The zero-order valence-corrected chi connectivity index (χ0v) is 17.6. The van der Waals surface area contributed by atoms with E-state index in [1.165, 1.54) is 22.3 Å². The van der Waals surface area contributed by atoms with Crippen molar-refractivity contribution < 1.29 is 4.79 Å². The Labute approximate surface area is 169 Å². The number of rotatable bonds is 5. The van der Waals surface area contributed by atoms with Gasteiger partial charge < -0.3 is 10.6 Å². The van der Waals surface area contributed by atoms with Crippen LogP contribution < -0.4 is 10.6 Å². The lowest BCUT2D eigenvalue weighted by molar-refractivity contribution is 0.175. The van der Waals surface area contributed by atoms with Crippen LogP contribution in [0.1, 0.15) is 40.7 Å². The quantitative estimate of drug-likeness (QED) is 0.772. The minimum atomic E-state index is -0.105. The van der Waals surface area contributed by atoms with Crippen LogP contribution in [0.2, 0.25) is 0 Å². The van der Waals surface area contributed by atoms with Gasteiger partial charge in [-0.3, -0.25) is 4.90 Å². The number of carbonyl (C=O) groups excluding carboxylic acids is 1. The Morgan fingerprint density at radius 3 is 2.54 bits per heavy atom. The molecule has 1 fully saturated rings. The summed E-state index contributed by atoms with van der Waals surface area (Å²) in [6, 6.07) is 12.6. The normalized spacial score (nSPS) is 15.4. The first-order valence-electron chi connectivity index (χ1n) is 10.3. The minimum Gasteiger partial charge on any atom is -0.338 e. The third kappa shape index (κ3) is 5.35. The number of piperidine rings is 1. The number of hydrogen-bond acceptors (Lipinski definition) is 2. The SMILES string of the molecule is Cc1ccc(C)c(CN2CCC(CNC(=O)Nc3cccc(C)c3C)CC2)c1. The Kier molecular flexibility index (Phi) is 6.74. The van der Waals surface area contributed by atoms with Crippen LogP contribution in [-0.4, -0.2) is 30.6 Å². The molecule has 3 rings (SSSR count). The Balaban J connectivity index is 1.42. The summed E-state index contributed by atoms with van der Waals surface area (Å²) in [7, 11) is 0. The Morgan fingerprint density at radius 2 is 1.79 bits per heavy atom. The molecule has 0 bridgehead atoms. The second kappa shape index (κ2) is 9.24. The number of likely N-dealkylation sites (tertiary alicyclic amines) is 1. The van der Waals surface area contributed by atoms with Crippen molar-refractivity contribution in [2.45, 2.75) is 47.1 Å². The van der Waals surface area contributed by atoms with E-state index >= 15 is 0 Å². The average Bonchev–Trinajstić information content (AvgIpc) is 2.68. The van der Waals surface area contributed by atoms with E-state index in [9.17, 15) is 4.79 Å². The highest BCUT2D eigenvalue weighted by Crippen LogP contribution is 2.21. The average molecular weight is 380 g/mol. The van der Waals surface area contributed by atoms with Crippen molar-refractivity contribution in [1.82, 2.24) is 10.2 Å². The highest BCUT2D eigenvalue weighted by molar-refractivity contribution is 5.90. The van der Waals surface area contributed by atoms with Gasteiger partial charge in [0.2, 0.25) is 0 Å². The highest BCUT2D eigenvalue weighted by Gasteiger charge is 2.20. The number of anilines is 1. The molecule has 2 aromatic rings. The number of aryl methyl sites for hydroxylation is 3. The van der Waals surface area contributed by atoms with Gasteiger partial charge >= 0.3 is 6.03 Å². The molecule has 0 saturated carbocycles. The second-order valence-corrected chi connectivity index (χ2v) is 8.23. The molecule has 1 heterocycles. The summed E-state index contributed by atoms with van der Waals surface area (Å²) in [4.78, 5) is 14.8. The fourth-order valence-corrected chi connectivity index (χ4v) is 3.85. The lowest BCUT2D eigenvalue weighted by Gasteiger charge is -2.32. The second-order valence-electron chi connectivity index (χ2n) is 8.23. The van der Waals surface area contributed by atoms with Gasteiger partial charge in [-0.25, -0.2) is 4.79 Å². The molecule has 4 heteroatoms. The first kappa shape index (κ1) is 20.4. The predicted octanol–water partition coefficient (Wildman–Crippen LogP) is 4.95. The van der Waals surface area contributed by atoms with Gasteiger partial charge in [0.1, 0.15) is 0 Å². The molecule has 0 aliphatic carbocycles. The van der Waals surface area contributed by atoms with Gasteiger partial charge in [-0.15, -0.1) is 0 Å². The molecule has 0 aromatic heterocycles. The summed E-state index contributed by atoms with van der Waals surface area (Å²) in [5.74, 6) is 0.555. The van der Waals surface area contributed by atoms with Crippen molar-refractivity contribution in [2.24, 2.45) is 5.92 Å². The predicted molar refractivity (Wildman–Crippen MR) is 117 cm³/mol. The zero-order chi connectivity index (χ0) is 20.1. The van der Waals surface area contributed by atoms with E-state index in [1.54, 1.807) is 0 Å². The molecule has 2 aromatic carbocycles. The maximum atomic E-state index is 12.3. The largest absolute Gasteiger partial charge is 0.338 e. The van der Waals surface area contributed by atoms with Crippen molar-refractivity contribution in [3.8, 4) is 0 Å². The summed E-state index contributed by atoms with van der Waals surface area (Å²) in [6.07, 6.45) is 2.27. The van der Waals surface area contributed by atoms with E-state index in [-0.39, 0.29) is 6.03 Å². The summed E-state index contributed by atoms with van der Waals surface area (Å²) >= 11 is 0. The van der Waals surface area contributed by atoms with Crippen LogP contribution in [0, 0.1) is 33.6 Å². The lowest BCUT2D eigenvalue weighted by Crippen LogP contribution is -2.39. The first-order valence-corrected chi connectivity index (χ1v) is 10.3. The highest BCUT2D eigenvalue weighted by atomic mass is 16.2. The van der Waals surface area contributed by atoms with E-state index in [2.05, 4.69) is 60.6 Å². The molecule has 0 atom stereocenters. The zero-order valence-electron chi connectivity index (χ0n) is 17.6. The van der Waals surface area contributed by atoms with Gasteiger partial charge in [-0.1, -0.05) is 35.9 Å². The summed E-state index contributed by atoms with van der Waals surface area (Å²) < 4.78 is 0. The van der Waals surface area contributed by atoms with Crippen LogP contribution in [0.3, 0.4) is 0 Å². The van der Waals surface area contributed by atoms with E-state index < -0.39 is 0 Å². The molecule has 1 aliphatic heterocycles. The molecule has 1 aliphatic rings. The van der Waals surface area contributed by atoms with Crippen molar-refractivity contribution in [1.29, 1.82) is 0 Å². The van der Waals surface area contributed by atoms with Crippen LogP contribution in [0.25, 0.3) is 0 Å². The maximum absolute atomic E-state index is 12.3. The summed E-state index contributed by atoms with van der Waals surface area (Å²) in [5.41, 5.74) is 7.34. The maximum Gasteiger partial charge on any atom is 0.319 e. The Morgan fingerprint density at radius 1 is 1.04 bits per heavy atom. The van der Waals surface area contributed by atoms with Gasteiger partial charge in [0.05, 0.1) is 0 Å². The number of benzene rings is 2. The lowest BCUT2D eigenvalue weighted by atomic mass is 9.96. The van der Waals surface area contributed by atoms with Gasteiger partial charge in [0.25, 0.3) is 0 Å². The molecule has 0 radical (unpaired) electrons.